The highest BCUT2D eigenvalue weighted by molar-refractivity contribution is 6.36. The van der Waals surface area contributed by atoms with Crippen LogP contribution in [0.25, 0.3) is 5.57 Å². The predicted molar refractivity (Wildman–Crippen MR) is 113 cm³/mol. The number of carbonyl (C=O) groups is 2. The number of anilines is 1. The third-order valence-electron chi connectivity index (χ3n) is 4.48. The molecule has 1 aliphatic rings. The van der Waals surface area contributed by atoms with Gasteiger partial charge in [0.25, 0.3) is 11.8 Å². The molecule has 0 radical (unpaired) electrons. The number of hydrogen-bond donors (Lipinski definition) is 1. The predicted octanol–water partition coefficient (Wildman–Crippen LogP) is 4.09. The van der Waals surface area contributed by atoms with Crippen LogP contribution in [0.3, 0.4) is 0 Å². The lowest BCUT2D eigenvalue weighted by Gasteiger charge is -2.14. The molecule has 0 aromatic heterocycles. The molecule has 1 heterocycles. The fourth-order valence-corrected chi connectivity index (χ4v) is 3.25. The molecule has 152 valence electrons. The Morgan fingerprint density at radius 1 is 0.862 bits per heavy atom. The smallest absolute Gasteiger partial charge is 0.278 e. The van der Waals surface area contributed by atoms with Gasteiger partial charge in [-0.05, 0) is 50.1 Å². The number of nitrogens with one attached hydrogen (secondary N) is 1. The Bertz CT molecular complexity index is 919. The molecule has 0 saturated carbocycles. The van der Waals surface area contributed by atoms with Gasteiger partial charge in [0.1, 0.15) is 17.2 Å². The van der Waals surface area contributed by atoms with E-state index in [0.717, 1.165) is 5.75 Å². The Morgan fingerprint density at radius 3 is 2.21 bits per heavy atom. The number of ether oxygens (including phenoxy) is 2. The van der Waals surface area contributed by atoms with E-state index in [9.17, 15) is 9.59 Å². The molecule has 1 N–H and O–H groups in total. The maximum absolute atomic E-state index is 13.0. The number of hydrogen-bond acceptors (Lipinski definition) is 5. The Balaban J connectivity index is 2.00. The number of rotatable bonds is 9. The molecule has 3 rings (SSSR count). The number of nitrogens with zero attached hydrogens (tertiary/aromatic N) is 1. The highest BCUT2D eigenvalue weighted by atomic mass is 16.5. The summed E-state index contributed by atoms with van der Waals surface area (Å²) in [5.74, 6) is 0.813. The molecule has 2 aromatic carbocycles. The molecule has 0 aliphatic carbocycles. The average molecular weight is 394 g/mol. The van der Waals surface area contributed by atoms with Crippen molar-refractivity contribution in [1.82, 2.24) is 4.90 Å². The van der Waals surface area contributed by atoms with Crippen LogP contribution in [-0.2, 0) is 9.59 Å². The zero-order chi connectivity index (χ0) is 20.8. The number of carbonyl (C=O) groups excluding carboxylic acids is 2. The fourth-order valence-electron chi connectivity index (χ4n) is 3.25. The van der Waals surface area contributed by atoms with E-state index in [1.54, 1.807) is 24.3 Å². The van der Waals surface area contributed by atoms with Gasteiger partial charge >= 0.3 is 0 Å². The largest absolute Gasteiger partial charge is 0.494 e. The van der Waals surface area contributed by atoms with Gasteiger partial charge in [0, 0.05) is 18.3 Å². The van der Waals surface area contributed by atoms with E-state index in [4.69, 9.17) is 9.47 Å². The number of amides is 2. The topological polar surface area (TPSA) is 67.9 Å². The van der Waals surface area contributed by atoms with Crippen LogP contribution >= 0.6 is 0 Å². The molecule has 0 saturated heterocycles. The molecule has 0 fully saturated rings. The first-order chi connectivity index (χ1) is 14.1. The van der Waals surface area contributed by atoms with Gasteiger partial charge in [-0.1, -0.05) is 25.1 Å². The number of imide groups is 1. The van der Waals surface area contributed by atoms with E-state index >= 15 is 0 Å². The van der Waals surface area contributed by atoms with Crippen molar-refractivity contribution in [3.05, 3.63) is 59.8 Å². The first-order valence-electron chi connectivity index (χ1n) is 9.92. The third-order valence-corrected chi connectivity index (χ3v) is 4.48. The summed E-state index contributed by atoms with van der Waals surface area (Å²) in [6.07, 6.45) is 0.696. The zero-order valence-corrected chi connectivity index (χ0v) is 17.0. The Labute approximate surface area is 171 Å². The van der Waals surface area contributed by atoms with E-state index in [0.29, 0.717) is 48.8 Å². The minimum atomic E-state index is -0.317. The van der Waals surface area contributed by atoms with Crippen LogP contribution in [0.2, 0.25) is 0 Å². The van der Waals surface area contributed by atoms with Crippen molar-refractivity contribution < 1.29 is 19.1 Å². The maximum Gasteiger partial charge on any atom is 0.278 e. The first kappa shape index (κ1) is 20.5. The second kappa shape index (κ2) is 9.28. The summed E-state index contributed by atoms with van der Waals surface area (Å²) in [4.78, 5) is 27.3. The van der Waals surface area contributed by atoms with Crippen molar-refractivity contribution in [3.63, 3.8) is 0 Å². The van der Waals surface area contributed by atoms with E-state index in [1.165, 1.54) is 4.90 Å². The molecule has 2 amide bonds. The van der Waals surface area contributed by atoms with Gasteiger partial charge in [0.2, 0.25) is 0 Å². The lowest BCUT2D eigenvalue weighted by Crippen LogP contribution is -2.33. The molecule has 6 heteroatoms. The van der Waals surface area contributed by atoms with Gasteiger partial charge < -0.3 is 14.8 Å². The molecule has 6 nitrogen and oxygen atoms in total. The van der Waals surface area contributed by atoms with Crippen molar-refractivity contribution >= 4 is 23.1 Å². The second-order valence-corrected chi connectivity index (χ2v) is 6.56. The van der Waals surface area contributed by atoms with Crippen LogP contribution < -0.4 is 14.8 Å². The van der Waals surface area contributed by atoms with E-state index in [2.05, 4.69) is 5.32 Å². The standard InChI is InChI=1S/C23H26N2O4/c1-4-14-25-22(26)20(16-10-12-18(13-11-16)28-5-2)21(23(25)27)24-17-8-7-9-19(15-17)29-6-3/h7-13,15,24H,4-6,14H2,1-3H3. The Kier molecular flexibility index (Phi) is 6.54. The van der Waals surface area contributed by atoms with Crippen LogP contribution in [0.4, 0.5) is 5.69 Å². The van der Waals surface area contributed by atoms with Crippen LogP contribution in [0.1, 0.15) is 32.8 Å². The summed E-state index contributed by atoms with van der Waals surface area (Å²) >= 11 is 0. The van der Waals surface area contributed by atoms with Gasteiger partial charge in [0.05, 0.1) is 18.8 Å². The molecular weight excluding hydrogens is 368 g/mol. The van der Waals surface area contributed by atoms with Gasteiger partial charge in [-0.2, -0.15) is 0 Å². The molecule has 0 spiro atoms. The molecule has 0 atom stereocenters. The average Bonchev–Trinajstić information content (AvgIpc) is 2.94. The fraction of sp³-hybridized carbons (Fsp3) is 0.304. The summed E-state index contributed by atoms with van der Waals surface area (Å²) in [7, 11) is 0. The van der Waals surface area contributed by atoms with Crippen molar-refractivity contribution in [2.45, 2.75) is 27.2 Å². The minimum Gasteiger partial charge on any atom is -0.494 e. The lowest BCUT2D eigenvalue weighted by molar-refractivity contribution is -0.136. The molecule has 1 aliphatic heterocycles. The van der Waals surface area contributed by atoms with Gasteiger partial charge in [0.15, 0.2) is 0 Å². The van der Waals surface area contributed by atoms with Gasteiger partial charge in [-0.15, -0.1) is 0 Å². The van der Waals surface area contributed by atoms with Gasteiger partial charge in [-0.3, -0.25) is 14.5 Å². The van der Waals surface area contributed by atoms with E-state index in [1.807, 2.05) is 45.0 Å². The lowest BCUT2D eigenvalue weighted by atomic mass is 10.0. The summed E-state index contributed by atoms with van der Waals surface area (Å²) < 4.78 is 11.0. The monoisotopic (exact) mass is 394 g/mol. The quantitative estimate of drug-likeness (QED) is 0.649. The van der Waals surface area contributed by atoms with Crippen LogP contribution in [0.5, 0.6) is 11.5 Å². The SMILES string of the molecule is CCCN1C(=O)C(Nc2cccc(OCC)c2)=C(c2ccc(OCC)cc2)C1=O. The molecule has 0 unspecified atom stereocenters. The molecule has 0 bridgehead atoms. The Morgan fingerprint density at radius 2 is 1.55 bits per heavy atom. The zero-order valence-electron chi connectivity index (χ0n) is 17.0. The second-order valence-electron chi connectivity index (χ2n) is 6.56. The highest BCUT2D eigenvalue weighted by Gasteiger charge is 2.38. The maximum atomic E-state index is 13.0. The summed E-state index contributed by atoms with van der Waals surface area (Å²) in [5, 5.41) is 3.15. The molecule has 2 aromatic rings. The highest BCUT2D eigenvalue weighted by Crippen LogP contribution is 2.32. The first-order valence-corrected chi connectivity index (χ1v) is 9.92. The van der Waals surface area contributed by atoms with E-state index in [-0.39, 0.29) is 17.5 Å². The molecule has 29 heavy (non-hydrogen) atoms. The van der Waals surface area contributed by atoms with E-state index < -0.39 is 0 Å². The van der Waals surface area contributed by atoms with Crippen molar-refractivity contribution in [2.75, 3.05) is 25.1 Å². The number of benzene rings is 2. The minimum absolute atomic E-state index is 0.279. The summed E-state index contributed by atoms with van der Waals surface area (Å²) in [6, 6.07) is 14.6. The van der Waals surface area contributed by atoms with Crippen LogP contribution in [0.15, 0.2) is 54.2 Å². The van der Waals surface area contributed by atoms with Crippen molar-refractivity contribution in [2.24, 2.45) is 0 Å². The summed E-state index contributed by atoms with van der Waals surface area (Å²) in [6.45, 7) is 7.25. The normalized spacial score (nSPS) is 13.8. The third kappa shape index (κ3) is 4.42. The van der Waals surface area contributed by atoms with Crippen molar-refractivity contribution in [3.8, 4) is 11.5 Å². The van der Waals surface area contributed by atoms with Gasteiger partial charge in [-0.25, -0.2) is 0 Å². The van der Waals surface area contributed by atoms with Crippen LogP contribution in [-0.4, -0.2) is 36.5 Å². The Hall–Kier alpha value is -3.28. The van der Waals surface area contributed by atoms with Crippen molar-refractivity contribution in [1.29, 1.82) is 0 Å². The van der Waals surface area contributed by atoms with Crippen LogP contribution in [0, 0.1) is 0 Å². The summed E-state index contributed by atoms with van der Waals surface area (Å²) in [5.41, 5.74) is 2.01. The molecular formula is C23H26N2O4.